The number of benzene rings is 3. The summed E-state index contributed by atoms with van der Waals surface area (Å²) in [5, 5.41) is 5.73. The number of para-hydroxylation sites is 2. The predicted octanol–water partition coefficient (Wildman–Crippen LogP) is 4.02. The maximum atomic E-state index is 13.1. The highest BCUT2D eigenvalue weighted by Crippen LogP contribution is 2.28. The molecule has 3 amide bonds. The monoisotopic (exact) mass is 487 g/mol. The Bertz CT molecular complexity index is 1240. The molecule has 0 saturated carbocycles. The van der Waals surface area contributed by atoms with Gasteiger partial charge in [0.25, 0.3) is 5.91 Å². The summed E-state index contributed by atoms with van der Waals surface area (Å²) in [5.41, 5.74) is 2.30. The lowest BCUT2D eigenvalue weighted by atomic mass is 10.1. The molecule has 8 heteroatoms. The summed E-state index contributed by atoms with van der Waals surface area (Å²) in [6.07, 6.45) is 0.0984. The molecule has 0 bridgehead atoms. The summed E-state index contributed by atoms with van der Waals surface area (Å²) in [7, 11) is 1.58. The van der Waals surface area contributed by atoms with Crippen LogP contribution in [0.15, 0.2) is 72.8 Å². The predicted molar refractivity (Wildman–Crippen MR) is 137 cm³/mol. The lowest BCUT2D eigenvalue weighted by Gasteiger charge is -2.18. The van der Waals surface area contributed by atoms with Crippen molar-refractivity contribution >= 4 is 29.1 Å². The van der Waals surface area contributed by atoms with Crippen molar-refractivity contribution in [3.8, 4) is 11.5 Å². The molecule has 1 atom stereocenters. The molecule has 0 radical (unpaired) electrons. The van der Waals surface area contributed by atoms with Gasteiger partial charge in [-0.15, -0.1) is 0 Å². The van der Waals surface area contributed by atoms with Crippen LogP contribution in [0.5, 0.6) is 11.5 Å². The molecule has 0 unspecified atom stereocenters. The normalized spacial score (nSPS) is 14.9. The van der Waals surface area contributed by atoms with Crippen molar-refractivity contribution in [2.45, 2.75) is 19.9 Å². The van der Waals surface area contributed by atoms with E-state index in [2.05, 4.69) is 10.6 Å². The number of carbonyl (C=O) groups excluding carboxylic acids is 3. The SMILES string of the molecule is CCOc1ccc(N2C[C@@H](C(=O)Nc3ccccc3C(=O)NCc3ccccc3OC)CC2=O)cc1. The lowest BCUT2D eigenvalue weighted by Crippen LogP contribution is -2.29. The van der Waals surface area contributed by atoms with Gasteiger partial charge in [-0.25, -0.2) is 0 Å². The zero-order chi connectivity index (χ0) is 25.5. The van der Waals surface area contributed by atoms with E-state index in [0.717, 1.165) is 17.0 Å². The maximum absolute atomic E-state index is 13.1. The molecule has 1 aliphatic heterocycles. The summed E-state index contributed by atoms with van der Waals surface area (Å²) in [6, 6.07) is 21.5. The molecule has 1 saturated heterocycles. The first kappa shape index (κ1) is 24.8. The van der Waals surface area contributed by atoms with Crippen molar-refractivity contribution in [1.29, 1.82) is 0 Å². The van der Waals surface area contributed by atoms with E-state index in [1.807, 2.05) is 43.3 Å². The fourth-order valence-electron chi connectivity index (χ4n) is 4.17. The fraction of sp³-hybridized carbons (Fsp3) is 0.250. The summed E-state index contributed by atoms with van der Waals surface area (Å²) < 4.78 is 10.8. The number of hydrogen-bond donors (Lipinski definition) is 2. The number of carbonyl (C=O) groups is 3. The first-order valence-electron chi connectivity index (χ1n) is 11.8. The number of hydrogen-bond acceptors (Lipinski definition) is 5. The number of anilines is 2. The van der Waals surface area contributed by atoms with E-state index in [9.17, 15) is 14.4 Å². The average molecular weight is 488 g/mol. The number of rotatable bonds is 9. The molecular formula is C28H29N3O5. The molecule has 0 spiro atoms. The van der Waals surface area contributed by atoms with Gasteiger partial charge in [-0.2, -0.15) is 0 Å². The van der Waals surface area contributed by atoms with Gasteiger partial charge in [-0.05, 0) is 49.4 Å². The third-order valence-corrected chi connectivity index (χ3v) is 6.02. The number of ether oxygens (including phenoxy) is 2. The van der Waals surface area contributed by atoms with Crippen molar-refractivity contribution in [3.05, 3.63) is 83.9 Å². The second-order valence-electron chi connectivity index (χ2n) is 8.36. The summed E-state index contributed by atoms with van der Waals surface area (Å²) >= 11 is 0. The third kappa shape index (κ3) is 5.66. The molecule has 3 aromatic carbocycles. The van der Waals surface area contributed by atoms with Gasteiger partial charge in [0.2, 0.25) is 11.8 Å². The van der Waals surface area contributed by atoms with Crippen LogP contribution in [0.4, 0.5) is 11.4 Å². The van der Waals surface area contributed by atoms with Crippen molar-refractivity contribution < 1.29 is 23.9 Å². The van der Waals surface area contributed by atoms with E-state index >= 15 is 0 Å². The Labute approximate surface area is 210 Å². The molecule has 2 N–H and O–H groups in total. The Morgan fingerprint density at radius 1 is 1.00 bits per heavy atom. The van der Waals surface area contributed by atoms with Gasteiger partial charge < -0.3 is 25.0 Å². The van der Waals surface area contributed by atoms with E-state index in [4.69, 9.17) is 9.47 Å². The highest BCUT2D eigenvalue weighted by atomic mass is 16.5. The van der Waals surface area contributed by atoms with Crippen LogP contribution in [-0.2, 0) is 16.1 Å². The highest BCUT2D eigenvalue weighted by molar-refractivity contribution is 6.07. The Kier molecular flexibility index (Phi) is 7.85. The van der Waals surface area contributed by atoms with Gasteiger partial charge in [0.1, 0.15) is 11.5 Å². The molecule has 1 fully saturated rings. The standard InChI is InChI=1S/C28H29N3O5/c1-3-36-22-14-12-21(13-15-22)31-18-20(16-26(31)32)27(33)30-24-10-6-5-9-23(24)28(34)29-17-19-8-4-7-11-25(19)35-2/h4-15,20H,3,16-18H2,1-2H3,(H,29,34)(H,30,33)/t20-/m0/s1. The maximum Gasteiger partial charge on any atom is 0.253 e. The summed E-state index contributed by atoms with van der Waals surface area (Å²) in [6.45, 7) is 3.01. The van der Waals surface area contributed by atoms with Crippen LogP contribution < -0.4 is 25.0 Å². The topological polar surface area (TPSA) is 97.0 Å². The molecule has 8 nitrogen and oxygen atoms in total. The minimum Gasteiger partial charge on any atom is -0.496 e. The fourth-order valence-corrected chi connectivity index (χ4v) is 4.17. The van der Waals surface area contributed by atoms with Crippen LogP contribution in [0, 0.1) is 5.92 Å². The van der Waals surface area contributed by atoms with Gasteiger partial charge in [0.05, 0.1) is 30.9 Å². The molecule has 36 heavy (non-hydrogen) atoms. The van der Waals surface area contributed by atoms with Crippen LogP contribution in [-0.4, -0.2) is 38.0 Å². The molecule has 0 aliphatic carbocycles. The largest absolute Gasteiger partial charge is 0.496 e. The zero-order valence-corrected chi connectivity index (χ0v) is 20.3. The number of amides is 3. The number of nitrogens with one attached hydrogen (secondary N) is 2. The average Bonchev–Trinajstić information content (AvgIpc) is 3.30. The van der Waals surface area contributed by atoms with Crippen LogP contribution >= 0.6 is 0 Å². The van der Waals surface area contributed by atoms with Crippen molar-refractivity contribution in [2.24, 2.45) is 5.92 Å². The smallest absolute Gasteiger partial charge is 0.253 e. The van der Waals surface area contributed by atoms with Crippen molar-refractivity contribution in [3.63, 3.8) is 0 Å². The number of methoxy groups -OCH3 is 1. The molecule has 0 aromatic heterocycles. The summed E-state index contributed by atoms with van der Waals surface area (Å²) in [4.78, 5) is 40.2. The third-order valence-electron chi connectivity index (χ3n) is 6.02. The molecular weight excluding hydrogens is 458 g/mol. The van der Waals surface area contributed by atoms with E-state index in [0.29, 0.717) is 23.6 Å². The minimum atomic E-state index is -0.534. The Morgan fingerprint density at radius 2 is 1.72 bits per heavy atom. The van der Waals surface area contributed by atoms with Gasteiger partial charge in [-0.3, -0.25) is 14.4 Å². The summed E-state index contributed by atoms with van der Waals surface area (Å²) in [5.74, 6) is 0.123. The van der Waals surface area contributed by atoms with Gasteiger partial charge in [0, 0.05) is 30.8 Å². The number of nitrogens with zero attached hydrogens (tertiary/aromatic N) is 1. The molecule has 1 aliphatic rings. The Morgan fingerprint density at radius 3 is 2.47 bits per heavy atom. The molecule has 186 valence electrons. The second-order valence-corrected chi connectivity index (χ2v) is 8.36. The highest BCUT2D eigenvalue weighted by Gasteiger charge is 2.35. The Balaban J connectivity index is 1.40. The van der Waals surface area contributed by atoms with Gasteiger partial charge in [0.15, 0.2) is 0 Å². The van der Waals surface area contributed by atoms with Crippen molar-refractivity contribution in [2.75, 3.05) is 30.5 Å². The van der Waals surface area contributed by atoms with Gasteiger partial charge in [-0.1, -0.05) is 30.3 Å². The second kappa shape index (κ2) is 11.4. The quantitative estimate of drug-likeness (QED) is 0.475. The van der Waals surface area contributed by atoms with E-state index in [1.54, 1.807) is 48.4 Å². The van der Waals surface area contributed by atoms with Crippen LogP contribution in [0.2, 0.25) is 0 Å². The minimum absolute atomic E-state index is 0.0984. The molecule has 1 heterocycles. The van der Waals surface area contributed by atoms with Gasteiger partial charge >= 0.3 is 0 Å². The van der Waals surface area contributed by atoms with Crippen LogP contribution in [0.3, 0.4) is 0 Å². The molecule has 3 aromatic rings. The van der Waals surface area contributed by atoms with Crippen LogP contribution in [0.1, 0.15) is 29.3 Å². The molecule has 4 rings (SSSR count). The first-order valence-corrected chi connectivity index (χ1v) is 11.8. The first-order chi connectivity index (χ1) is 17.5. The van der Waals surface area contributed by atoms with E-state index < -0.39 is 5.92 Å². The van der Waals surface area contributed by atoms with Crippen molar-refractivity contribution in [1.82, 2.24) is 5.32 Å². The van der Waals surface area contributed by atoms with E-state index in [-0.39, 0.29) is 37.2 Å². The van der Waals surface area contributed by atoms with E-state index in [1.165, 1.54) is 0 Å². The lowest BCUT2D eigenvalue weighted by molar-refractivity contribution is -0.122. The Hall–Kier alpha value is -4.33. The van der Waals surface area contributed by atoms with Crippen LogP contribution in [0.25, 0.3) is 0 Å². The zero-order valence-electron chi connectivity index (χ0n) is 20.3.